The fourth-order valence-corrected chi connectivity index (χ4v) is 1.70. The molecule has 0 aliphatic carbocycles. The molecule has 1 heteroatoms. The summed E-state index contributed by atoms with van der Waals surface area (Å²) in [6, 6.07) is 10.5. The van der Waals surface area contributed by atoms with E-state index in [4.69, 9.17) is 4.74 Å². The molecule has 1 atom stereocenters. The van der Waals surface area contributed by atoms with Gasteiger partial charge in [-0.2, -0.15) is 0 Å². The maximum absolute atomic E-state index is 5.56. The van der Waals surface area contributed by atoms with Crippen molar-refractivity contribution in [1.82, 2.24) is 0 Å². The van der Waals surface area contributed by atoms with Crippen molar-refractivity contribution in [3.63, 3.8) is 0 Å². The summed E-state index contributed by atoms with van der Waals surface area (Å²) in [4.78, 5) is 0. The average molecular weight is 174 g/mol. The van der Waals surface area contributed by atoms with Crippen LogP contribution in [-0.2, 0) is 11.2 Å². The quantitative estimate of drug-likeness (QED) is 0.669. The molecule has 68 valence electrons. The molecular weight excluding hydrogens is 160 g/mol. The Balaban J connectivity index is 2.06. The molecule has 1 aliphatic rings. The van der Waals surface area contributed by atoms with E-state index in [1.165, 1.54) is 5.56 Å². The van der Waals surface area contributed by atoms with Crippen LogP contribution in [0.5, 0.6) is 0 Å². The van der Waals surface area contributed by atoms with Gasteiger partial charge in [0.15, 0.2) is 0 Å². The maximum Gasteiger partial charge on any atom is 0.113 e. The Kier molecular flexibility index (Phi) is 2.09. The Morgan fingerprint density at radius 1 is 1.31 bits per heavy atom. The maximum atomic E-state index is 5.56. The van der Waals surface area contributed by atoms with Crippen LogP contribution in [0, 0.1) is 0 Å². The number of ether oxygens (including phenoxy) is 1. The summed E-state index contributed by atoms with van der Waals surface area (Å²) in [6.07, 6.45) is 5.90. The third kappa shape index (κ3) is 1.92. The predicted molar refractivity (Wildman–Crippen MR) is 53.4 cm³/mol. The van der Waals surface area contributed by atoms with Crippen molar-refractivity contribution in [3.8, 4) is 0 Å². The smallest absolute Gasteiger partial charge is 0.113 e. The van der Waals surface area contributed by atoms with Crippen LogP contribution in [0.1, 0.15) is 18.9 Å². The Hall–Kier alpha value is -1.24. The molecule has 0 aromatic heterocycles. The van der Waals surface area contributed by atoms with E-state index >= 15 is 0 Å². The zero-order valence-electron chi connectivity index (χ0n) is 7.86. The van der Waals surface area contributed by atoms with Crippen molar-refractivity contribution in [2.24, 2.45) is 0 Å². The van der Waals surface area contributed by atoms with Gasteiger partial charge in [-0.1, -0.05) is 30.3 Å². The number of hydrogen-bond donors (Lipinski definition) is 0. The molecule has 1 aliphatic heterocycles. The standard InChI is InChI=1S/C12H14O/c1-12(8-5-9-13-12)10-11-6-3-2-4-7-11/h2-7,9H,8,10H2,1H3. The van der Waals surface area contributed by atoms with Crippen LogP contribution in [0.15, 0.2) is 42.7 Å². The van der Waals surface area contributed by atoms with E-state index in [9.17, 15) is 0 Å². The molecule has 1 heterocycles. The highest BCUT2D eigenvalue weighted by atomic mass is 16.5. The lowest BCUT2D eigenvalue weighted by atomic mass is 9.94. The molecule has 1 aromatic rings. The van der Waals surface area contributed by atoms with E-state index < -0.39 is 0 Å². The van der Waals surface area contributed by atoms with Gasteiger partial charge in [-0.3, -0.25) is 0 Å². The SMILES string of the molecule is CC1(Cc2ccccc2)CC=CO1. The van der Waals surface area contributed by atoms with E-state index in [0.29, 0.717) is 0 Å². The third-order valence-corrected chi connectivity index (χ3v) is 2.42. The van der Waals surface area contributed by atoms with Gasteiger partial charge >= 0.3 is 0 Å². The molecule has 0 amide bonds. The Morgan fingerprint density at radius 3 is 2.69 bits per heavy atom. The van der Waals surface area contributed by atoms with E-state index in [-0.39, 0.29) is 5.60 Å². The van der Waals surface area contributed by atoms with Crippen molar-refractivity contribution in [2.45, 2.75) is 25.4 Å². The van der Waals surface area contributed by atoms with Crippen LogP contribution in [0.4, 0.5) is 0 Å². The molecule has 0 spiro atoms. The molecule has 0 saturated carbocycles. The third-order valence-electron chi connectivity index (χ3n) is 2.42. The highest BCUT2D eigenvalue weighted by Crippen LogP contribution is 2.26. The van der Waals surface area contributed by atoms with E-state index in [0.717, 1.165) is 12.8 Å². The zero-order chi connectivity index (χ0) is 9.15. The molecule has 0 saturated heterocycles. The first-order chi connectivity index (χ1) is 6.29. The molecule has 2 rings (SSSR count). The Bertz CT molecular complexity index is 292. The van der Waals surface area contributed by atoms with Crippen LogP contribution in [0.2, 0.25) is 0 Å². The van der Waals surface area contributed by atoms with Crippen molar-refractivity contribution >= 4 is 0 Å². The van der Waals surface area contributed by atoms with Crippen molar-refractivity contribution in [1.29, 1.82) is 0 Å². The van der Waals surface area contributed by atoms with Gasteiger partial charge in [0.25, 0.3) is 0 Å². The first-order valence-electron chi connectivity index (χ1n) is 4.65. The summed E-state index contributed by atoms with van der Waals surface area (Å²) < 4.78 is 5.56. The van der Waals surface area contributed by atoms with Crippen molar-refractivity contribution in [2.75, 3.05) is 0 Å². The second-order valence-corrected chi connectivity index (χ2v) is 3.81. The van der Waals surface area contributed by atoms with Gasteiger partial charge in [0.2, 0.25) is 0 Å². The average Bonchev–Trinajstić information content (AvgIpc) is 2.54. The summed E-state index contributed by atoms with van der Waals surface area (Å²) in [7, 11) is 0. The number of benzene rings is 1. The fourth-order valence-electron chi connectivity index (χ4n) is 1.70. The van der Waals surface area contributed by atoms with E-state index in [2.05, 4.69) is 37.3 Å². The summed E-state index contributed by atoms with van der Waals surface area (Å²) >= 11 is 0. The monoisotopic (exact) mass is 174 g/mol. The van der Waals surface area contributed by atoms with Gasteiger partial charge in [-0.25, -0.2) is 0 Å². The summed E-state index contributed by atoms with van der Waals surface area (Å²) in [5, 5.41) is 0. The van der Waals surface area contributed by atoms with E-state index in [1.54, 1.807) is 0 Å². The largest absolute Gasteiger partial charge is 0.495 e. The van der Waals surface area contributed by atoms with E-state index in [1.807, 2.05) is 12.3 Å². The first kappa shape index (κ1) is 8.36. The summed E-state index contributed by atoms with van der Waals surface area (Å²) in [5.74, 6) is 0. The lowest BCUT2D eigenvalue weighted by Crippen LogP contribution is -2.25. The minimum absolute atomic E-state index is 0.0125. The minimum Gasteiger partial charge on any atom is -0.495 e. The Morgan fingerprint density at radius 2 is 2.08 bits per heavy atom. The van der Waals surface area contributed by atoms with Gasteiger partial charge in [-0.15, -0.1) is 0 Å². The van der Waals surface area contributed by atoms with Crippen molar-refractivity contribution in [3.05, 3.63) is 48.2 Å². The molecule has 1 unspecified atom stereocenters. The highest BCUT2D eigenvalue weighted by Gasteiger charge is 2.27. The lowest BCUT2D eigenvalue weighted by molar-refractivity contribution is 0.0638. The molecule has 0 N–H and O–H groups in total. The highest BCUT2D eigenvalue weighted by molar-refractivity contribution is 5.18. The predicted octanol–water partition coefficient (Wildman–Crippen LogP) is 2.92. The zero-order valence-corrected chi connectivity index (χ0v) is 7.86. The van der Waals surface area contributed by atoms with Gasteiger partial charge < -0.3 is 4.74 Å². The van der Waals surface area contributed by atoms with Crippen LogP contribution in [0.3, 0.4) is 0 Å². The molecule has 0 fully saturated rings. The van der Waals surface area contributed by atoms with Gasteiger partial charge in [0, 0.05) is 12.8 Å². The van der Waals surface area contributed by atoms with Gasteiger partial charge in [0.05, 0.1) is 6.26 Å². The van der Waals surface area contributed by atoms with Gasteiger partial charge in [-0.05, 0) is 18.6 Å². The summed E-state index contributed by atoms with van der Waals surface area (Å²) in [6.45, 7) is 2.15. The fraction of sp³-hybridized carbons (Fsp3) is 0.333. The normalized spacial score (nSPS) is 25.9. The lowest BCUT2D eigenvalue weighted by Gasteiger charge is -2.23. The number of hydrogen-bond acceptors (Lipinski definition) is 1. The molecule has 0 bridgehead atoms. The van der Waals surface area contributed by atoms with Crippen LogP contribution in [0.25, 0.3) is 0 Å². The second kappa shape index (κ2) is 3.25. The molecule has 0 radical (unpaired) electrons. The van der Waals surface area contributed by atoms with Crippen LogP contribution < -0.4 is 0 Å². The topological polar surface area (TPSA) is 9.23 Å². The molecule has 13 heavy (non-hydrogen) atoms. The Labute approximate surface area is 79.0 Å². The summed E-state index contributed by atoms with van der Waals surface area (Å²) in [5.41, 5.74) is 1.33. The number of rotatable bonds is 2. The minimum atomic E-state index is -0.0125. The van der Waals surface area contributed by atoms with Crippen molar-refractivity contribution < 1.29 is 4.74 Å². The molecular formula is C12H14O. The van der Waals surface area contributed by atoms with Gasteiger partial charge in [0.1, 0.15) is 5.60 Å². The molecule has 1 aromatic carbocycles. The molecule has 1 nitrogen and oxygen atoms in total. The van der Waals surface area contributed by atoms with Crippen LogP contribution >= 0.6 is 0 Å². The van der Waals surface area contributed by atoms with Crippen LogP contribution in [-0.4, -0.2) is 5.60 Å². The second-order valence-electron chi connectivity index (χ2n) is 3.81. The first-order valence-corrected chi connectivity index (χ1v) is 4.65.